The van der Waals surface area contributed by atoms with E-state index in [-0.39, 0.29) is 5.56 Å². The van der Waals surface area contributed by atoms with Crippen molar-refractivity contribution in [3.8, 4) is 5.75 Å². The van der Waals surface area contributed by atoms with Crippen molar-refractivity contribution in [2.45, 2.75) is 0 Å². The molecule has 0 saturated carbocycles. The molecular formula is C8H8FN3O2. The maximum Gasteiger partial charge on any atom is 0.332 e. The fraction of sp³-hybridized carbons (Fsp3) is 0. The molecule has 0 aliphatic rings. The van der Waals surface area contributed by atoms with Crippen LogP contribution in [0.2, 0.25) is 0 Å². The van der Waals surface area contributed by atoms with Crippen molar-refractivity contribution in [3.05, 3.63) is 29.6 Å². The van der Waals surface area contributed by atoms with Crippen LogP contribution in [0.3, 0.4) is 0 Å². The summed E-state index contributed by atoms with van der Waals surface area (Å²) < 4.78 is 12.7. The molecule has 0 spiro atoms. The number of nitrogens with one attached hydrogen (secondary N) is 1. The molecule has 0 bridgehead atoms. The number of aromatic hydroxyl groups is 1. The minimum absolute atomic E-state index is 0.152. The third kappa shape index (κ3) is 2.44. The number of hydrogen-bond donors (Lipinski definition) is 3. The number of phenols is 1. The topological polar surface area (TPSA) is 87.7 Å². The lowest BCUT2D eigenvalue weighted by Gasteiger charge is -1.98. The van der Waals surface area contributed by atoms with Crippen LogP contribution in [0, 0.1) is 5.82 Å². The Morgan fingerprint density at radius 2 is 2.36 bits per heavy atom. The number of carbonyl (C=O) groups is 1. The number of amides is 2. The van der Waals surface area contributed by atoms with Crippen LogP contribution < -0.4 is 11.2 Å². The maximum atomic E-state index is 12.7. The minimum Gasteiger partial charge on any atom is -0.504 e. The van der Waals surface area contributed by atoms with Crippen LogP contribution >= 0.6 is 0 Å². The van der Waals surface area contributed by atoms with Gasteiger partial charge in [0, 0.05) is 5.56 Å². The number of phenolic OH excluding ortho intramolecular Hbond substituents is 1. The van der Waals surface area contributed by atoms with Crippen molar-refractivity contribution >= 4 is 12.2 Å². The van der Waals surface area contributed by atoms with Gasteiger partial charge in [0.25, 0.3) is 0 Å². The Labute approximate surface area is 79.0 Å². The summed E-state index contributed by atoms with van der Waals surface area (Å²) in [5, 5.41) is 12.5. The van der Waals surface area contributed by atoms with Crippen LogP contribution in [0.4, 0.5) is 9.18 Å². The molecule has 0 unspecified atom stereocenters. The Bertz CT molecular complexity index is 379. The molecule has 0 aliphatic carbocycles. The minimum atomic E-state index is -0.836. The van der Waals surface area contributed by atoms with Gasteiger partial charge in [-0.1, -0.05) is 6.07 Å². The van der Waals surface area contributed by atoms with Crippen molar-refractivity contribution < 1.29 is 14.3 Å². The van der Waals surface area contributed by atoms with E-state index in [0.29, 0.717) is 0 Å². The highest BCUT2D eigenvalue weighted by molar-refractivity contribution is 5.84. The molecule has 5 nitrogen and oxygen atoms in total. The van der Waals surface area contributed by atoms with E-state index in [2.05, 4.69) is 5.10 Å². The van der Waals surface area contributed by atoms with Gasteiger partial charge in [0.1, 0.15) is 0 Å². The summed E-state index contributed by atoms with van der Waals surface area (Å²) in [6.45, 7) is 0. The maximum absolute atomic E-state index is 12.7. The highest BCUT2D eigenvalue weighted by atomic mass is 19.1. The number of halogens is 1. The standard InChI is InChI=1S/C8H8FN3O2/c9-6-3-1-2-5(7(6)13)4-11-12-8(10)14/h1-4,13H,(H3,10,12,14)/b11-4+. The van der Waals surface area contributed by atoms with Crippen molar-refractivity contribution in [1.29, 1.82) is 0 Å². The van der Waals surface area contributed by atoms with Crippen molar-refractivity contribution in [2.75, 3.05) is 0 Å². The molecule has 0 aromatic heterocycles. The van der Waals surface area contributed by atoms with E-state index in [1.165, 1.54) is 12.1 Å². The number of nitrogens with two attached hydrogens (primary N) is 1. The van der Waals surface area contributed by atoms with Crippen molar-refractivity contribution in [3.63, 3.8) is 0 Å². The van der Waals surface area contributed by atoms with E-state index in [4.69, 9.17) is 10.8 Å². The summed E-state index contributed by atoms with van der Waals surface area (Å²) in [4.78, 5) is 10.2. The Balaban J connectivity index is 2.81. The van der Waals surface area contributed by atoms with Gasteiger partial charge < -0.3 is 10.8 Å². The summed E-state index contributed by atoms with van der Waals surface area (Å²) in [6.07, 6.45) is 1.09. The van der Waals surface area contributed by atoms with Crippen LogP contribution in [0.1, 0.15) is 5.56 Å². The average Bonchev–Trinajstić information content (AvgIpc) is 2.12. The smallest absolute Gasteiger partial charge is 0.332 e. The Morgan fingerprint density at radius 3 is 3.00 bits per heavy atom. The molecule has 0 radical (unpaired) electrons. The summed E-state index contributed by atoms with van der Waals surface area (Å²) in [7, 11) is 0. The Hall–Kier alpha value is -2.11. The van der Waals surface area contributed by atoms with Crippen molar-refractivity contribution in [2.24, 2.45) is 10.8 Å². The quantitative estimate of drug-likeness (QED) is 0.477. The fourth-order valence-corrected chi connectivity index (χ4v) is 0.802. The molecule has 0 heterocycles. The molecule has 2 amide bonds. The van der Waals surface area contributed by atoms with E-state index in [1.54, 1.807) is 0 Å². The summed E-state index contributed by atoms with van der Waals surface area (Å²) in [5.74, 6) is -1.28. The molecule has 0 saturated heterocycles. The van der Waals surface area contributed by atoms with E-state index >= 15 is 0 Å². The summed E-state index contributed by atoms with van der Waals surface area (Å²) in [6, 6.07) is 3.11. The van der Waals surface area contributed by atoms with E-state index in [1.807, 2.05) is 5.43 Å². The zero-order valence-electron chi connectivity index (χ0n) is 7.07. The highest BCUT2D eigenvalue weighted by Gasteiger charge is 2.03. The predicted molar refractivity (Wildman–Crippen MR) is 48.4 cm³/mol. The number of hydrazone groups is 1. The number of primary amides is 1. The molecule has 1 rings (SSSR count). The van der Waals surface area contributed by atoms with Gasteiger partial charge in [0.2, 0.25) is 0 Å². The zero-order valence-corrected chi connectivity index (χ0v) is 7.07. The molecule has 0 fully saturated rings. The van der Waals surface area contributed by atoms with Gasteiger partial charge >= 0.3 is 6.03 Å². The fourth-order valence-electron chi connectivity index (χ4n) is 0.802. The normalized spacial score (nSPS) is 10.4. The van der Waals surface area contributed by atoms with Gasteiger partial charge in [0.15, 0.2) is 11.6 Å². The number of urea groups is 1. The van der Waals surface area contributed by atoms with E-state index in [9.17, 15) is 9.18 Å². The lowest BCUT2D eigenvalue weighted by atomic mass is 10.2. The van der Waals surface area contributed by atoms with Crippen LogP contribution in [0.5, 0.6) is 5.75 Å². The monoisotopic (exact) mass is 197 g/mol. The van der Waals surface area contributed by atoms with E-state index in [0.717, 1.165) is 12.3 Å². The Kier molecular flexibility index (Phi) is 3.01. The Morgan fingerprint density at radius 1 is 1.64 bits per heavy atom. The van der Waals surface area contributed by atoms with Crippen molar-refractivity contribution in [1.82, 2.24) is 5.43 Å². The molecule has 74 valence electrons. The third-order valence-corrected chi connectivity index (χ3v) is 1.40. The molecule has 4 N–H and O–H groups in total. The molecule has 0 atom stereocenters. The van der Waals surface area contributed by atoms with Crippen LogP contribution in [-0.4, -0.2) is 17.4 Å². The first-order chi connectivity index (χ1) is 6.61. The van der Waals surface area contributed by atoms with Gasteiger partial charge in [-0.3, -0.25) is 0 Å². The van der Waals surface area contributed by atoms with Gasteiger partial charge in [0.05, 0.1) is 6.21 Å². The molecule has 6 heteroatoms. The van der Waals surface area contributed by atoms with Crippen LogP contribution in [0.15, 0.2) is 23.3 Å². The summed E-state index contributed by atoms with van der Waals surface area (Å²) in [5.41, 5.74) is 6.79. The van der Waals surface area contributed by atoms with Crippen LogP contribution in [0.25, 0.3) is 0 Å². The van der Waals surface area contributed by atoms with Gasteiger partial charge in [-0.15, -0.1) is 0 Å². The molecule has 1 aromatic carbocycles. The summed E-state index contributed by atoms with van der Waals surface area (Å²) >= 11 is 0. The third-order valence-electron chi connectivity index (χ3n) is 1.40. The first kappa shape index (κ1) is 9.97. The van der Waals surface area contributed by atoms with Gasteiger partial charge in [-0.25, -0.2) is 14.6 Å². The second-order valence-electron chi connectivity index (χ2n) is 2.41. The molecule has 14 heavy (non-hydrogen) atoms. The van der Waals surface area contributed by atoms with E-state index < -0.39 is 17.6 Å². The predicted octanol–water partition coefficient (Wildman–Crippen LogP) is 0.533. The SMILES string of the molecule is NC(=O)N/N=C/c1cccc(F)c1O. The lowest BCUT2D eigenvalue weighted by Crippen LogP contribution is -2.24. The number of rotatable bonds is 2. The average molecular weight is 197 g/mol. The molecule has 1 aromatic rings. The molecular weight excluding hydrogens is 189 g/mol. The zero-order chi connectivity index (χ0) is 10.6. The first-order valence-corrected chi connectivity index (χ1v) is 3.67. The number of carbonyl (C=O) groups excluding carboxylic acids is 1. The van der Waals surface area contributed by atoms with Gasteiger partial charge in [-0.2, -0.15) is 5.10 Å². The number of nitrogens with zero attached hydrogens (tertiary/aromatic N) is 1. The number of para-hydroxylation sites is 1. The number of benzene rings is 1. The highest BCUT2D eigenvalue weighted by Crippen LogP contribution is 2.18. The van der Waals surface area contributed by atoms with Crippen LogP contribution in [-0.2, 0) is 0 Å². The lowest BCUT2D eigenvalue weighted by molar-refractivity contribution is 0.249. The number of hydrogen-bond acceptors (Lipinski definition) is 3. The second-order valence-corrected chi connectivity index (χ2v) is 2.41. The second kappa shape index (κ2) is 4.22. The first-order valence-electron chi connectivity index (χ1n) is 3.67. The van der Waals surface area contributed by atoms with Gasteiger partial charge in [-0.05, 0) is 12.1 Å². The molecule has 0 aliphatic heterocycles. The largest absolute Gasteiger partial charge is 0.504 e.